The van der Waals surface area contributed by atoms with Crippen molar-refractivity contribution >= 4 is 56.0 Å². The van der Waals surface area contributed by atoms with Gasteiger partial charge in [0.05, 0.1) is 11.2 Å². The summed E-state index contributed by atoms with van der Waals surface area (Å²) >= 11 is 0. The quantitative estimate of drug-likeness (QED) is 0.144. The number of hydrogen-bond donors (Lipinski definition) is 0. The molecule has 2 heterocycles. The van der Waals surface area contributed by atoms with Crippen LogP contribution < -0.4 is 4.90 Å². The molecule has 2 aromatic heterocycles. The number of aromatic nitrogens is 1. The summed E-state index contributed by atoms with van der Waals surface area (Å²) in [4.78, 5) is 2.38. The Kier molecular flexibility index (Phi) is 9.98. The van der Waals surface area contributed by atoms with E-state index in [0.717, 1.165) is 79.7 Å². The number of hydrogen-bond acceptors (Lipinski definition) is 2. The smallest absolute Gasteiger partial charge is 0.143 e. The topological polar surface area (TPSA) is 21.3 Å². The lowest BCUT2D eigenvalue weighted by molar-refractivity contribution is 0.670. The van der Waals surface area contributed by atoms with Crippen molar-refractivity contribution in [3.05, 3.63) is 260 Å². The summed E-state index contributed by atoms with van der Waals surface area (Å²) in [5.41, 5.74) is 21.9. The Balaban J connectivity index is 0.872. The van der Waals surface area contributed by atoms with Crippen LogP contribution in [0.1, 0.15) is 17.7 Å². The Morgan fingerprint density at radius 3 is 1.61 bits per heavy atom. The van der Waals surface area contributed by atoms with Gasteiger partial charge in [-0.15, -0.1) is 0 Å². The molecule has 0 bridgehead atoms. The first-order valence-electron chi connectivity index (χ1n) is 23.9. The molecule has 326 valence electrons. The maximum absolute atomic E-state index is 6.39. The molecule has 1 aliphatic carbocycles. The molecule has 0 aliphatic heterocycles. The molecule has 0 amide bonds. The van der Waals surface area contributed by atoms with Gasteiger partial charge in [0.1, 0.15) is 11.2 Å². The fraction of sp³-hybridized carbons (Fsp3) is 0.0303. The van der Waals surface area contributed by atoms with Crippen molar-refractivity contribution in [1.82, 2.24) is 4.57 Å². The number of fused-ring (bicyclic) bond motifs is 6. The predicted molar refractivity (Wildman–Crippen MR) is 290 cm³/mol. The van der Waals surface area contributed by atoms with Crippen LogP contribution in [0.2, 0.25) is 0 Å². The number of benzene rings is 10. The fourth-order valence-corrected chi connectivity index (χ4v) is 10.5. The molecule has 13 rings (SSSR count). The zero-order chi connectivity index (χ0) is 45.7. The van der Waals surface area contributed by atoms with E-state index < -0.39 is 0 Å². The van der Waals surface area contributed by atoms with Gasteiger partial charge >= 0.3 is 0 Å². The average molecular weight is 883 g/mol. The van der Waals surface area contributed by atoms with Crippen molar-refractivity contribution < 1.29 is 4.42 Å². The van der Waals surface area contributed by atoms with Crippen molar-refractivity contribution in [2.75, 3.05) is 4.90 Å². The van der Waals surface area contributed by atoms with Gasteiger partial charge in [-0.3, -0.25) is 0 Å². The van der Waals surface area contributed by atoms with Crippen LogP contribution in [0.15, 0.2) is 253 Å². The maximum atomic E-state index is 6.39. The molecule has 0 atom stereocenters. The molecule has 0 unspecified atom stereocenters. The van der Waals surface area contributed by atoms with Gasteiger partial charge in [0.15, 0.2) is 0 Å². The summed E-state index contributed by atoms with van der Waals surface area (Å²) in [6.07, 6.45) is 6.75. The third kappa shape index (κ3) is 7.24. The largest absolute Gasteiger partial charge is 0.455 e. The van der Waals surface area contributed by atoms with Crippen LogP contribution in [0, 0.1) is 0 Å². The number of allylic oxidation sites excluding steroid dienone is 1. The molecule has 0 spiro atoms. The van der Waals surface area contributed by atoms with Gasteiger partial charge in [0.2, 0.25) is 0 Å². The van der Waals surface area contributed by atoms with E-state index in [9.17, 15) is 0 Å². The lowest BCUT2D eigenvalue weighted by atomic mass is 9.98. The summed E-state index contributed by atoms with van der Waals surface area (Å²) in [5.74, 6) is 0. The lowest BCUT2D eigenvalue weighted by Crippen LogP contribution is -2.10. The van der Waals surface area contributed by atoms with Gasteiger partial charge in [-0.25, -0.2) is 0 Å². The standard InChI is InChI=1S/C66H46N2O/c1-2-14-45(15-3-1)46-28-30-47(31-29-46)49-36-40-53(41-37-49)67(54-42-38-50(39-43-54)48-32-34-51(35-33-48)57-22-13-23-61-60-21-7-11-27-65(60)69-66(57)61)55-17-12-16-52(44-55)56-18-4-8-24-62(56)68-63-25-9-5-19-58(63)59-20-6-10-26-64(59)68/h1-5,7-19,21-44H,6,20H2. The minimum absolute atomic E-state index is 0.911. The fourth-order valence-electron chi connectivity index (χ4n) is 10.5. The summed E-state index contributed by atoms with van der Waals surface area (Å²) in [6.45, 7) is 0. The number of anilines is 3. The first-order chi connectivity index (χ1) is 34.2. The number of para-hydroxylation sites is 4. The van der Waals surface area contributed by atoms with E-state index in [-0.39, 0.29) is 0 Å². The molecule has 0 radical (unpaired) electrons. The molecule has 3 nitrogen and oxygen atoms in total. The molecular formula is C66H46N2O. The summed E-state index contributed by atoms with van der Waals surface area (Å²) in [6, 6.07) is 87.7. The van der Waals surface area contributed by atoms with Crippen molar-refractivity contribution in [2.45, 2.75) is 12.8 Å². The van der Waals surface area contributed by atoms with Gasteiger partial charge in [0.25, 0.3) is 0 Å². The zero-order valence-electron chi connectivity index (χ0n) is 38.0. The minimum Gasteiger partial charge on any atom is -0.455 e. The first-order valence-corrected chi connectivity index (χ1v) is 23.9. The minimum atomic E-state index is 0.911. The van der Waals surface area contributed by atoms with E-state index in [1.165, 1.54) is 55.7 Å². The Bertz CT molecular complexity index is 3860. The molecule has 69 heavy (non-hydrogen) atoms. The second-order valence-electron chi connectivity index (χ2n) is 18.0. The Morgan fingerprint density at radius 2 is 0.899 bits per heavy atom. The number of rotatable bonds is 9. The maximum Gasteiger partial charge on any atom is 0.143 e. The van der Waals surface area contributed by atoms with Crippen LogP contribution in [0.3, 0.4) is 0 Å². The summed E-state index contributed by atoms with van der Waals surface area (Å²) in [7, 11) is 0. The molecule has 1 aliphatic rings. The zero-order valence-corrected chi connectivity index (χ0v) is 38.0. The highest BCUT2D eigenvalue weighted by atomic mass is 16.3. The molecule has 0 saturated carbocycles. The number of nitrogens with zero attached hydrogens (tertiary/aromatic N) is 2. The van der Waals surface area contributed by atoms with Crippen molar-refractivity contribution in [2.24, 2.45) is 0 Å². The molecular weight excluding hydrogens is 837 g/mol. The molecule has 10 aromatic carbocycles. The van der Waals surface area contributed by atoms with E-state index in [2.05, 4.69) is 252 Å². The van der Waals surface area contributed by atoms with Crippen LogP contribution in [0.4, 0.5) is 17.1 Å². The van der Waals surface area contributed by atoms with Crippen LogP contribution in [-0.4, -0.2) is 4.57 Å². The molecule has 0 N–H and O–H groups in total. The second kappa shape index (κ2) is 17.1. The number of aryl methyl sites for hydroxylation is 1. The summed E-state index contributed by atoms with van der Waals surface area (Å²) in [5, 5.41) is 3.62. The lowest BCUT2D eigenvalue weighted by Gasteiger charge is -2.27. The normalized spacial score (nSPS) is 12.2. The first kappa shape index (κ1) is 40.4. The highest BCUT2D eigenvalue weighted by Gasteiger charge is 2.21. The molecule has 12 aromatic rings. The highest BCUT2D eigenvalue weighted by molar-refractivity contribution is 6.09. The Morgan fingerprint density at radius 1 is 0.377 bits per heavy atom. The van der Waals surface area contributed by atoms with Gasteiger partial charge in [-0.1, -0.05) is 194 Å². The van der Waals surface area contributed by atoms with Gasteiger partial charge in [-0.2, -0.15) is 0 Å². The van der Waals surface area contributed by atoms with E-state index in [4.69, 9.17) is 4.42 Å². The number of furan rings is 1. The van der Waals surface area contributed by atoms with Crippen molar-refractivity contribution in [1.29, 1.82) is 0 Å². The van der Waals surface area contributed by atoms with Crippen LogP contribution in [0.25, 0.3) is 100 Å². The van der Waals surface area contributed by atoms with Gasteiger partial charge in [0, 0.05) is 50.0 Å². The van der Waals surface area contributed by atoms with E-state index >= 15 is 0 Å². The Labute approximate surface area is 402 Å². The monoisotopic (exact) mass is 882 g/mol. The highest BCUT2D eigenvalue weighted by Crippen LogP contribution is 2.42. The molecule has 3 heteroatoms. The third-order valence-corrected chi connectivity index (χ3v) is 13.9. The SMILES string of the molecule is C1=Cc2c(c3ccccc3n2-c2ccccc2-c2cccc(N(c3ccc(-c4ccc(-c5ccccc5)cc4)cc3)c3ccc(-c4ccc(-c5cccc6c5oc5ccccc56)cc4)cc3)c2)CC1. The van der Waals surface area contributed by atoms with E-state index in [1.54, 1.807) is 0 Å². The van der Waals surface area contributed by atoms with E-state index in [1.807, 2.05) is 12.1 Å². The van der Waals surface area contributed by atoms with Crippen LogP contribution in [0.5, 0.6) is 0 Å². The van der Waals surface area contributed by atoms with Gasteiger partial charge < -0.3 is 13.9 Å². The van der Waals surface area contributed by atoms with Crippen molar-refractivity contribution in [3.8, 4) is 61.3 Å². The average Bonchev–Trinajstić information content (AvgIpc) is 3.98. The molecule has 0 fully saturated rings. The molecule has 0 saturated heterocycles. The third-order valence-electron chi connectivity index (χ3n) is 13.9. The van der Waals surface area contributed by atoms with E-state index in [0.29, 0.717) is 0 Å². The predicted octanol–water partition coefficient (Wildman–Crippen LogP) is 18.3. The van der Waals surface area contributed by atoms with Crippen LogP contribution >= 0.6 is 0 Å². The Hall–Kier alpha value is -8.92. The summed E-state index contributed by atoms with van der Waals surface area (Å²) < 4.78 is 8.86. The van der Waals surface area contributed by atoms with Crippen molar-refractivity contribution in [3.63, 3.8) is 0 Å². The van der Waals surface area contributed by atoms with Crippen LogP contribution in [-0.2, 0) is 6.42 Å². The van der Waals surface area contributed by atoms with Gasteiger partial charge in [-0.05, 0) is 124 Å². The second-order valence-corrected chi connectivity index (χ2v) is 18.0.